The zero-order chi connectivity index (χ0) is 24.6. The highest BCUT2D eigenvalue weighted by Crippen LogP contribution is 2.42. The number of likely N-dealkylation sites (tertiary alicyclic amines) is 1. The first-order valence-corrected chi connectivity index (χ1v) is 11.8. The minimum atomic E-state index is -0.636. The molecule has 0 aromatic carbocycles. The van der Waals surface area contributed by atoms with Gasteiger partial charge in [0.15, 0.2) is 0 Å². The maximum absolute atomic E-state index is 13.4. The van der Waals surface area contributed by atoms with Gasteiger partial charge in [-0.3, -0.25) is 9.88 Å². The van der Waals surface area contributed by atoms with Gasteiger partial charge < -0.3 is 9.47 Å². The molecule has 0 N–H and O–H groups in total. The molecule has 180 valence electrons. The minimum absolute atomic E-state index is 0.233. The molecule has 1 amide bonds. The van der Waals surface area contributed by atoms with Gasteiger partial charge in [-0.05, 0) is 77.6 Å². The van der Waals surface area contributed by atoms with Gasteiger partial charge >= 0.3 is 12.1 Å². The van der Waals surface area contributed by atoms with Crippen molar-refractivity contribution >= 4 is 12.1 Å². The lowest BCUT2D eigenvalue weighted by Gasteiger charge is -2.42. The Morgan fingerprint density at radius 3 is 2.42 bits per heavy atom. The summed E-state index contributed by atoms with van der Waals surface area (Å²) in [4.78, 5) is 36.5. The van der Waals surface area contributed by atoms with Crippen LogP contribution < -0.4 is 0 Å². The van der Waals surface area contributed by atoms with E-state index in [4.69, 9.17) is 9.47 Å². The van der Waals surface area contributed by atoms with Crippen LogP contribution in [0.25, 0.3) is 0 Å². The number of aryl methyl sites for hydroxylation is 1. The molecule has 1 fully saturated rings. The van der Waals surface area contributed by atoms with Crippen LogP contribution in [0.3, 0.4) is 0 Å². The number of nitrogens with zero attached hydrogens (tertiary/aromatic N) is 3. The zero-order valence-electron chi connectivity index (χ0n) is 20.9. The highest BCUT2D eigenvalue weighted by molar-refractivity contribution is 5.87. The van der Waals surface area contributed by atoms with Crippen molar-refractivity contribution in [3.05, 3.63) is 59.2 Å². The van der Waals surface area contributed by atoms with Crippen molar-refractivity contribution in [3.8, 4) is 0 Å². The molecule has 1 aliphatic heterocycles. The molecule has 2 aromatic heterocycles. The first-order valence-electron chi connectivity index (χ1n) is 11.8. The molecule has 0 bridgehead atoms. The van der Waals surface area contributed by atoms with Crippen molar-refractivity contribution in [1.82, 2.24) is 14.9 Å². The number of pyridine rings is 2. The summed E-state index contributed by atoms with van der Waals surface area (Å²) < 4.78 is 10.9. The quantitative estimate of drug-likeness (QED) is 0.511. The Bertz CT molecular complexity index is 939. The molecule has 2 unspecified atom stereocenters. The van der Waals surface area contributed by atoms with E-state index in [1.54, 1.807) is 30.2 Å². The Balaban J connectivity index is 0.00000187. The van der Waals surface area contributed by atoms with Crippen molar-refractivity contribution in [2.45, 2.75) is 85.4 Å². The summed E-state index contributed by atoms with van der Waals surface area (Å²) in [5.74, 6) is -0.471. The van der Waals surface area contributed by atoms with Gasteiger partial charge in [0.2, 0.25) is 0 Å². The van der Waals surface area contributed by atoms with Gasteiger partial charge in [-0.2, -0.15) is 0 Å². The lowest BCUT2D eigenvalue weighted by Crippen LogP contribution is -2.44. The fourth-order valence-corrected chi connectivity index (χ4v) is 3.93. The smallest absolute Gasteiger partial charge is 0.411 e. The zero-order valence-corrected chi connectivity index (χ0v) is 20.9. The monoisotopic (exact) mass is 455 g/mol. The molecule has 1 saturated heterocycles. The highest BCUT2D eigenvalue weighted by atomic mass is 16.6. The van der Waals surface area contributed by atoms with Gasteiger partial charge in [-0.1, -0.05) is 26.0 Å². The largest absolute Gasteiger partial charge is 0.461 e. The first kappa shape index (κ1) is 26.3. The summed E-state index contributed by atoms with van der Waals surface area (Å²) >= 11 is 0. The van der Waals surface area contributed by atoms with Gasteiger partial charge in [0.25, 0.3) is 0 Å². The molecule has 33 heavy (non-hydrogen) atoms. The van der Waals surface area contributed by atoms with E-state index < -0.39 is 17.7 Å². The van der Waals surface area contributed by atoms with Crippen LogP contribution in [0.5, 0.6) is 0 Å². The summed E-state index contributed by atoms with van der Waals surface area (Å²) in [5, 5.41) is 0. The molecule has 0 aliphatic carbocycles. The third-order valence-corrected chi connectivity index (χ3v) is 5.19. The van der Waals surface area contributed by atoms with Gasteiger partial charge in [-0.25, -0.2) is 14.6 Å². The van der Waals surface area contributed by atoms with Crippen LogP contribution in [0.2, 0.25) is 0 Å². The number of piperidine rings is 1. The second kappa shape index (κ2) is 11.8. The van der Waals surface area contributed by atoms with Gasteiger partial charge in [0, 0.05) is 6.20 Å². The normalized spacial score (nSPS) is 18.1. The fraction of sp³-hybridized carbons (Fsp3) is 0.538. The van der Waals surface area contributed by atoms with Crippen LogP contribution in [0.4, 0.5) is 4.79 Å². The predicted octanol–water partition coefficient (Wildman–Crippen LogP) is 6.19. The van der Waals surface area contributed by atoms with Gasteiger partial charge in [0.05, 0.1) is 30.1 Å². The summed E-state index contributed by atoms with van der Waals surface area (Å²) in [6, 6.07) is 8.57. The number of hydrogen-bond acceptors (Lipinski definition) is 6. The summed E-state index contributed by atoms with van der Waals surface area (Å²) in [6.45, 7) is 13.6. The molecule has 3 heterocycles. The third-order valence-electron chi connectivity index (χ3n) is 5.19. The summed E-state index contributed by atoms with van der Waals surface area (Å²) in [6.07, 6.45) is 3.75. The van der Waals surface area contributed by atoms with Crippen LogP contribution >= 0.6 is 0 Å². The number of carbonyl (C=O) groups excluding carboxylic acids is 2. The Hall–Kier alpha value is -2.96. The van der Waals surface area contributed by atoms with Crippen molar-refractivity contribution in [2.75, 3.05) is 6.61 Å². The molecular weight excluding hydrogens is 418 g/mol. The maximum atomic E-state index is 13.4. The van der Waals surface area contributed by atoms with Crippen molar-refractivity contribution in [3.63, 3.8) is 0 Å². The molecule has 7 heteroatoms. The van der Waals surface area contributed by atoms with E-state index in [1.165, 1.54) is 0 Å². The molecule has 2 aromatic rings. The van der Waals surface area contributed by atoms with E-state index in [2.05, 4.69) is 9.97 Å². The van der Waals surface area contributed by atoms with E-state index in [0.29, 0.717) is 5.69 Å². The molecule has 7 nitrogen and oxygen atoms in total. The molecular formula is C26H37N3O4. The summed E-state index contributed by atoms with van der Waals surface area (Å²) in [7, 11) is 0. The predicted molar refractivity (Wildman–Crippen MR) is 128 cm³/mol. The molecule has 0 saturated carbocycles. The van der Waals surface area contributed by atoms with E-state index >= 15 is 0 Å². The van der Waals surface area contributed by atoms with Crippen LogP contribution in [0.1, 0.15) is 100 Å². The van der Waals surface area contributed by atoms with Gasteiger partial charge in [0.1, 0.15) is 11.3 Å². The number of aromatic nitrogens is 2. The van der Waals surface area contributed by atoms with Crippen molar-refractivity contribution < 1.29 is 19.1 Å². The minimum Gasteiger partial charge on any atom is -0.461 e. The van der Waals surface area contributed by atoms with E-state index in [9.17, 15) is 9.59 Å². The van der Waals surface area contributed by atoms with E-state index in [-0.39, 0.29) is 24.4 Å². The third kappa shape index (κ3) is 6.76. The molecule has 3 rings (SSSR count). The van der Waals surface area contributed by atoms with Crippen LogP contribution in [0.15, 0.2) is 36.5 Å². The average molecular weight is 456 g/mol. The fourth-order valence-electron chi connectivity index (χ4n) is 3.93. The van der Waals surface area contributed by atoms with Crippen LogP contribution in [0, 0.1) is 6.92 Å². The van der Waals surface area contributed by atoms with Crippen LogP contribution in [-0.4, -0.2) is 39.1 Å². The SMILES string of the molecule is CC.CCOC(=O)c1cccc(C2CCCC(c3ncccc3C)N2C(=O)OC(C)(C)C)n1. The summed E-state index contributed by atoms with van der Waals surface area (Å²) in [5.41, 5.74) is 2.13. The number of rotatable bonds is 4. The molecule has 0 radical (unpaired) electrons. The Kier molecular flexibility index (Phi) is 9.38. The Morgan fingerprint density at radius 2 is 1.79 bits per heavy atom. The van der Waals surface area contributed by atoms with Gasteiger partial charge in [-0.15, -0.1) is 0 Å². The van der Waals surface area contributed by atoms with Crippen LogP contribution in [-0.2, 0) is 9.47 Å². The number of carbonyl (C=O) groups is 2. The molecule has 0 spiro atoms. The lowest BCUT2D eigenvalue weighted by atomic mass is 9.90. The number of hydrogen-bond donors (Lipinski definition) is 0. The van der Waals surface area contributed by atoms with Crippen molar-refractivity contribution in [1.29, 1.82) is 0 Å². The first-order chi connectivity index (χ1) is 15.7. The van der Waals surface area contributed by atoms with E-state index in [1.807, 2.05) is 59.7 Å². The Morgan fingerprint density at radius 1 is 1.09 bits per heavy atom. The second-order valence-corrected chi connectivity index (χ2v) is 8.72. The average Bonchev–Trinajstić information content (AvgIpc) is 2.79. The second-order valence-electron chi connectivity index (χ2n) is 8.72. The number of ether oxygens (including phenoxy) is 2. The van der Waals surface area contributed by atoms with E-state index in [0.717, 1.165) is 30.5 Å². The topological polar surface area (TPSA) is 81.6 Å². The Labute approximate surface area is 197 Å². The van der Waals surface area contributed by atoms with Crippen molar-refractivity contribution in [2.24, 2.45) is 0 Å². The molecule has 1 aliphatic rings. The maximum Gasteiger partial charge on any atom is 0.411 e. The number of amides is 1. The standard InChI is InChI=1S/C24H31N3O4.C2H6/c1-6-30-22(28)18-12-7-11-17(26-18)19-13-8-14-20(21-16(2)10-9-15-25-21)27(19)23(29)31-24(3,4)5;1-2/h7,9-12,15,19-20H,6,8,13-14H2,1-5H3;1-2H3. The number of esters is 1. The lowest BCUT2D eigenvalue weighted by molar-refractivity contribution is -0.00804. The molecule has 2 atom stereocenters. The highest BCUT2D eigenvalue weighted by Gasteiger charge is 2.40.